The van der Waals surface area contributed by atoms with Crippen LogP contribution in [0.4, 0.5) is 0 Å². The van der Waals surface area contributed by atoms with Gasteiger partial charge in [0.05, 0.1) is 0 Å². The van der Waals surface area contributed by atoms with Crippen LogP contribution in [-0.2, 0) is 9.53 Å². The van der Waals surface area contributed by atoms with E-state index in [0.717, 1.165) is 19.4 Å². The van der Waals surface area contributed by atoms with Crippen molar-refractivity contribution < 1.29 is 9.53 Å². The molecule has 1 unspecified atom stereocenters. The summed E-state index contributed by atoms with van der Waals surface area (Å²) in [6, 6.07) is 0. The number of carbonyl (C=O) groups excluding carboxylic acids is 1. The molecule has 0 aromatic rings. The van der Waals surface area contributed by atoms with Gasteiger partial charge in [-0.1, -0.05) is 19.9 Å². The molecule has 82 valence electrons. The zero-order chi connectivity index (χ0) is 11.0. The van der Waals surface area contributed by atoms with E-state index in [0.29, 0.717) is 5.57 Å². The van der Waals surface area contributed by atoms with Crippen LogP contribution in [0.15, 0.2) is 11.6 Å². The third-order valence-corrected chi connectivity index (χ3v) is 1.80. The number of rotatable bonds is 6. The maximum atomic E-state index is 11.4. The van der Waals surface area contributed by atoms with E-state index in [1.807, 2.05) is 19.9 Å². The highest BCUT2D eigenvalue weighted by Gasteiger charge is 2.09. The third kappa shape index (κ3) is 5.75. The Hall–Kier alpha value is -0.830. The van der Waals surface area contributed by atoms with Crippen LogP contribution in [0.25, 0.3) is 0 Å². The van der Waals surface area contributed by atoms with Crippen LogP contribution in [-0.4, -0.2) is 18.7 Å². The van der Waals surface area contributed by atoms with Crippen LogP contribution in [0.3, 0.4) is 0 Å². The van der Waals surface area contributed by atoms with E-state index in [2.05, 4.69) is 12.2 Å². The summed E-state index contributed by atoms with van der Waals surface area (Å²) in [5.74, 6) is -0.233. The first-order valence-corrected chi connectivity index (χ1v) is 5.22. The summed E-state index contributed by atoms with van der Waals surface area (Å²) in [6.07, 6.45) is 3.56. The van der Waals surface area contributed by atoms with E-state index >= 15 is 0 Å². The Morgan fingerprint density at radius 3 is 2.64 bits per heavy atom. The summed E-state index contributed by atoms with van der Waals surface area (Å²) in [5.41, 5.74) is 0.678. The number of allylic oxidation sites excluding steroid dienone is 1. The molecule has 0 fully saturated rings. The zero-order valence-electron chi connectivity index (χ0n) is 9.59. The molecule has 1 N–H and O–H groups in total. The molecule has 0 bridgehead atoms. The van der Waals surface area contributed by atoms with Crippen LogP contribution in [0, 0.1) is 0 Å². The molecule has 0 aromatic carbocycles. The minimum atomic E-state index is -0.233. The van der Waals surface area contributed by atoms with Gasteiger partial charge in [0.2, 0.25) is 0 Å². The van der Waals surface area contributed by atoms with E-state index in [4.69, 9.17) is 4.74 Å². The molecule has 0 aliphatic carbocycles. The lowest BCUT2D eigenvalue weighted by molar-refractivity contribution is -0.144. The quantitative estimate of drug-likeness (QED) is 0.405. The van der Waals surface area contributed by atoms with Gasteiger partial charge >= 0.3 is 5.97 Å². The smallest absolute Gasteiger partial charge is 0.334 e. The Balaban J connectivity index is 3.87. The molecule has 0 spiro atoms. The first-order valence-electron chi connectivity index (χ1n) is 5.22. The van der Waals surface area contributed by atoms with Crippen molar-refractivity contribution in [2.24, 2.45) is 0 Å². The fraction of sp³-hybridized carbons (Fsp3) is 0.727. The predicted octanol–water partition coefficient (Wildman–Crippen LogP) is 2.23. The highest BCUT2D eigenvalue weighted by atomic mass is 16.6. The molecule has 0 aliphatic heterocycles. The first-order chi connectivity index (χ1) is 6.61. The molecule has 0 saturated heterocycles. The lowest BCUT2D eigenvalue weighted by Gasteiger charge is -2.14. The van der Waals surface area contributed by atoms with Gasteiger partial charge in [0.15, 0.2) is 6.23 Å². The number of hydrogen-bond donors (Lipinski definition) is 1. The summed E-state index contributed by atoms with van der Waals surface area (Å²) >= 11 is 0. The van der Waals surface area contributed by atoms with Crippen LogP contribution >= 0.6 is 0 Å². The van der Waals surface area contributed by atoms with Crippen LogP contribution in [0.2, 0.25) is 0 Å². The Morgan fingerprint density at radius 2 is 2.14 bits per heavy atom. The number of hydrogen-bond acceptors (Lipinski definition) is 3. The van der Waals surface area contributed by atoms with E-state index in [9.17, 15) is 4.79 Å². The van der Waals surface area contributed by atoms with Crippen LogP contribution < -0.4 is 5.32 Å². The van der Waals surface area contributed by atoms with Crippen molar-refractivity contribution >= 4 is 5.97 Å². The molecule has 0 saturated carbocycles. The van der Waals surface area contributed by atoms with Gasteiger partial charge in [0.1, 0.15) is 0 Å². The molecule has 0 aromatic heterocycles. The molecule has 0 amide bonds. The SMILES string of the molecule is CC/C=C(\C)C(=O)OC(C)NCCC. The minimum absolute atomic E-state index is 0.206. The first kappa shape index (κ1) is 13.2. The number of nitrogens with one attached hydrogen (secondary N) is 1. The molecule has 0 heterocycles. The van der Waals surface area contributed by atoms with Crippen LogP contribution in [0.1, 0.15) is 40.5 Å². The lowest BCUT2D eigenvalue weighted by atomic mass is 10.2. The summed E-state index contributed by atoms with van der Waals surface area (Å²) < 4.78 is 5.15. The highest BCUT2D eigenvalue weighted by Crippen LogP contribution is 2.00. The van der Waals surface area contributed by atoms with Crippen molar-refractivity contribution in [1.29, 1.82) is 0 Å². The normalized spacial score (nSPS) is 13.9. The van der Waals surface area contributed by atoms with Gasteiger partial charge in [-0.15, -0.1) is 0 Å². The van der Waals surface area contributed by atoms with Gasteiger partial charge in [-0.25, -0.2) is 4.79 Å². The lowest BCUT2D eigenvalue weighted by Crippen LogP contribution is -2.31. The largest absolute Gasteiger partial charge is 0.444 e. The van der Waals surface area contributed by atoms with Crippen molar-refractivity contribution in [3.05, 3.63) is 11.6 Å². The van der Waals surface area contributed by atoms with Gasteiger partial charge in [-0.3, -0.25) is 5.32 Å². The fourth-order valence-corrected chi connectivity index (χ4v) is 1.03. The number of esters is 1. The molecule has 0 rings (SSSR count). The molecular formula is C11H21NO2. The molecule has 0 radical (unpaired) electrons. The average molecular weight is 199 g/mol. The summed E-state index contributed by atoms with van der Waals surface area (Å²) in [6.45, 7) is 8.55. The maximum Gasteiger partial charge on any atom is 0.334 e. The van der Waals surface area contributed by atoms with Gasteiger partial charge in [0, 0.05) is 5.57 Å². The topological polar surface area (TPSA) is 38.3 Å². The predicted molar refractivity (Wildman–Crippen MR) is 57.9 cm³/mol. The second-order valence-electron chi connectivity index (χ2n) is 3.30. The Kier molecular flexibility index (Phi) is 7.11. The molecule has 0 aliphatic rings. The Bertz CT molecular complexity index is 199. The summed E-state index contributed by atoms with van der Waals surface area (Å²) in [7, 11) is 0. The highest BCUT2D eigenvalue weighted by molar-refractivity contribution is 5.87. The molecule has 14 heavy (non-hydrogen) atoms. The monoisotopic (exact) mass is 199 g/mol. The van der Waals surface area contributed by atoms with Crippen molar-refractivity contribution in [2.75, 3.05) is 6.54 Å². The van der Waals surface area contributed by atoms with Gasteiger partial charge in [-0.2, -0.15) is 0 Å². The van der Waals surface area contributed by atoms with Crippen molar-refractivity contribution in [2.45, 2.75) is 46.8 Å². The van der Waals surface area contributed by atoms with E-state index < -0.39 is 0 Å². The Labute approximate surface area is 86.5 Å². The second-order valence-corrected chi connectivity index (χ2v) is 3.30. The fourth-order valence-electron chi connectivity index (χ4n) is 1.03. The van der Waals surface area contributed by atoms with E-state index in [1.54, 1.807) is 6.92 Å². The second kappa shape index (κ2) is 7.56. The van der Waals surface area contributed by atoms with Crippen molar-refractivity contribution in [1.82, 2.24) is 5.32 Å². The Morgan fingerprint density at radius 1 is 1.50 bits per heavy atom. The van der Waals surface area contributed by atoms with Crippen molar-refractivity contribution in [3.8, 4) is 0 Å². The molecule has 1 atom stereocenters. The van der Waals surface area contributed by atoms with Gasteiger partial charge in [0.25, 0.3) is 0 Å². The minimum Gasteiger partial charge on any atom is -0.444 e. The molecular weight excluding hydrogens is 178 g/mol. The van der Waals surface area contributed by atoms with E-state index in [-0.39, 0.29) is 12.2 Å². The summed E-state index contributed by atoms with van der Waals surface area (Å²) in [5, 5.41) is 3.09. The molecule has 3 nitrogen and oxygen atoms in total. The maximum absolute atomic E-state index is 11.4. The van der Waals surface area contributed by atoms with Crippen molar-refractivity contribution in [3.63, 3.8) is 0 Å². The standard InChI is InChI=1S/C11H21NO2/c1-5-7-9(3)11(13)14-10(4)12-8-6-2/h7,10,12H,5-6,8H2,1-4H3/b9-7+. The third-order valence-electron chi connectivity index (χ3n) is 1.80. The zero-order valence-corrected chi connectivity index (χ0v) is 9.59. The van der Waals surface area contributed by atoms with E-state index in [1.165, 1.54) is 0 Å². The number of carbonyl (C=O) groups is 1. The molecule has 3 heteroatoms. The van der Waals surface area contributed by atoms with Gasteiger partial charge in [-0.05, 0) is 33.2 Å². The van der Waals surface area contributed by atoms with Crippen LogP contribution in [0.5, 0.6) is 0 Å². The average Bonchev–Trinajstić information content (AvgIpc) is 2.15. The van der Waals surface area contributed by atoms with Gasteiger partial charge < -0.3 is 4.74 Å². The summed E-state index contributed by atoms with van der Waals surface area (Å²) in [4.78, 5) is 11.4. The number of ether oxygens (including phenoxy) is 1.